The predicted molar refractivity (Wildman–Crippen MR) is 81.9 cm³/mol. The molecule has 0 aliphatic carbocycles. The van der Waals surface area contributed by atoms with Crippen molar-refractivity contribution in [3.05, 3.63) is 23.4 Å². The number of hydrogen-bond donors (Lipinski definition) is 0. The molecule has 2 spiro atoms. The summed E-state index contributed by atoms with van der Waals surface area (Å²) < 4.78 is 3.74. The molecule has 4 fully saturated rings. The van der Waals surface area contributed by atoms with Crippen LogP contribution in [0.2, 0.25) is 0 Å². The molecule has 4 aliphatic heterocycles. The molecule has 31 heavy (non-hydrogen) atoms. The van der Waals surface area contributed by atoms with E-state index in [1.54, 1.807) is 0 Å². The number of β-lactam (4-membered cyclic amide) rings is 8. The molecule has 0 aromatic rings. The van der Waals surface area contributed by atoms with Crippen LogP contribution in [0.4, 0.5) is 0 Å². The largest absolute Gasteiger partial charge is 3.00 e. The molecule has 4 rings (SSSR count). The normalized spacial score (nSPS) is 19.5. The van der Waals surface area contributed by atoms with Gasteiger partial charge in [0.25, 0.3) is 11.8 Å². The van der Waals surface area contributed by atoms with Gasteiger partial charge in [0.05, 0.1) is 35.4 Å². The molecular weight excluding hydrogens is 651 g/mol. The van der Waals surface area contributed by atoms with Crippen LogP contribution in [0.15, 0.2) is 0 Å². The number of carbonyl (C=O) groups is 8. The minimum atomic E-state index is -2.11. The number of hydrogen-bond acceptors (Lipinski definition) is 10. The molecule has 0 saturated carbocycles. The maximum Gasteiger partial charge on any atom is 3.00 e. The monoisotopic (exact) mass is 660 g/mol. The first kappa shape index (κ1) is 34.9. The van der Waals surface area contributed by atoms with Gasteiger partial charge in [-0.1, -0.05) is 6.47 Å². The number of rotatable bonds is 1. The second kappa shape index (κ2) is 12.5. The van der Waals surface area contributed by atoms with Crippen molar-refractivity contribution in [1.29, 1.82) is 0 Å². The summed E-state index contributed by atoms with van der Waals surface area (Å²) in [5.74, 6) is -7.31. The molecule has 8 amide bonds. The molecule has 0 bridgehead atoms. The number of nitrogens with zero attached hydrogens (tertiary/aromatic N) is 4. The van der Waals surface area contributed by atoms with Crippen molar-refractivity contribution in [3.8, 4) is 0 Å². The first-order valence-electron chi connectivity index (χ1n) is 6.69. The second-order valence-corrected chi connectivity index (χ2v) is 5.12. The van der Waals surface area contributed by atoms with E-state index in [1.165, 1.54) is 20.6 Å². The number of methoxy groups -OCH3 is 1. The third-order valence-corrected chi connectivity index (χ3v) is 3.87. The van der Waals surface area contributed by atoms with Gasteiger partial charge in [0.2, 0.25) is 5.41 Å². The minimum absolute atomic E-state index is 0. The third-order valence-electron chi connectivity index (χ3n) is 3.87. The van der Waals surface area contributed by atoms with Gasteiger partial charge in [0, 0.05) is 79.6 Å². The number of amides is 8. The Morgan fingerprint density at radius 2 is 0.935 bits per heavy atom. The SMILES string of the molecule is CN1C(=O)C2(C(=O)[N-]C2=O)C1=O.CO[C-]=O.O=C1[N-]C(=O)C12C(=O)[N-]C2=O.[CH3-].[Y+3].[Y].[Y]. The summed E-state index contributed by atoms with van der Waals surface area (Å²) >= 11 is 0. The van der Waals surface area contributed by atoms with Crippen molar-refractivity contribution in [2.45, 2.75) is 0 Å². The van der Waals surface area contributed by atoms with E-state index >= 15 is 0 Å². The summed E-state index contributed by atoms with van der Waals surface area (Å²) in [5.41, 5.74) is -4.16. The van der Waals surface area contributed by atoms with Crippen molar-refractivity contribution in [1.82, 2.24) is 4.90 Å². The molecule has 4 aliphatic rings. The summed E-state index contributed by atoms with van der Waals surface area (Å²) in [6, 6.07) is 0. The van der Waals surface area contributed by atoms with Gasteiger partial charge in [-0.25, -0.2) is 0 Å². The first-order chi connectivity index (χ1) is 12.5. The molecule has 156 valence electrons. The Morgan fingerprint density at radius 3 is 1.03 bits per heavy atom. The van der Waals surface area contributed by atoms with Crippen LogP contribution in [0.25, 0.3) is 16.0 Å². The molecule has 0 aromatic carbocycles. The van der Waals surface area contributed by atoms with Crippen LogP contribution in [0.5, 0.6) is 0 Å². The summed E-state index contributed by atoms with van der Waals surface area (Å²) in [6.45, 7) is 1.18. The van der Waals surface area contributed by atoms with Crippen molar-refractivity contribution in [3.63, 3.8) is 0 Å². The maximum atomic E-state index is 11.0. The van der Waals surface area contributed by atoms with Crippen LogP contribution < -0.4 is 0 Å². The number of imide groups is 4. The van der Waals surface area contributed by atoms with Crippen molar-refractivity contribution in [2.75, 3.05) is 14.2 Å². The molecule has 4 saturated heterocycles. The number of carbonyl (C=O) groups excluding carboxylic acids is 9. The van der Waals surface area contributed by atoms with E-state index in [0.717, 1.165) is 4.90 Å². The van der Waals surface area contributed by atoms with Gasteiger partial charge in [-0.15, -0.1) is 0 Å². The van der Waals surface area contributed by atoms with Crippen molar-refractivity contribution >= 4 is 53.7 Å². The van der Waals surface area contributed by atoms with E-state index < -0.39 is 58.1 Å². The second-order valence-electron chi connectivity index (χ2n) is 5.12. The molecule has 4 heterocycles. The fourth-order valence-electron chi connectivity index (χ4n) is 2.26. The fraction of sp³-hybridized carbons (Fsp3) is 0.286. The smallest absolute Gasteiger partial charge is 0.655 e. The Bertz CT molecular complexity index is 779. The van der Waals surface area contributed by atoms with Crippen molar-refractivity contribution < 1.29 is 146 Å². The Morgan fingerprint density at radius 1 is 0.710 bits per heavy atom. The zero-order valence-corrected chi connectivity index (χ0v) is 24.6. The number of ether oxygens (including phenoxy) is 1. The molecule has 0 aromatic heterocycles. The standard InChI is InChI=1S/C6H4N2O4.C5H2N2O4.C2H3O2.CH3.3Y/c1-8-4(11)6(5(8)12)2(9)7-3(6)10;8-1-5(2(9)6-1)3(10)7-4(5)11;1-4-2-3;;;;/h1H3,(H,7,9,10);(H2,6,7,8,9,10,11);1H3;1H3;;;/q;;2*-1;;;+3/p-3. The number of likely N-dealkylation sites (tertiary alicyclic amines) is 1. The molecule has 0 atom stereocenters. The third kappa shape index (κ3) is 4.70. The Kier molecular flexibility index (Phi) is 14.1. The van der Waals surface area contributed by atoms with Gasteiger partial charge < -0.3 is 61.7 Å². The zero-order valence-electron chi connectivity index (χ0n) is 16.1. The van der Waals surface area contributed by atoms with Crippen molar-refractivity contribution in [2.24, 2.45) is 10.8 Å². The molecule has 17 heteroatoms. The average Bonchev–Trinajstić information content (AvgIpc) is 2.61. The molecular formula is C14H9N4O10Y3-2. The van der Waals surface area contributed by atoms with Gasteiger partial charge in [0.15, 0.2) is 0 Å². The Labute approximate surface area is 250 Å². The zero-order chi connectivity index (χ0) is 20.7. The van der Waals surface area contributed by atoms with Crippen LogP contribution in [-0.4, -0.2) is 72.8 Å². The summed E-state index contributed by atoms with van der Waals surface area (Å²) in [5, 5.41) is 8.52. The van der Waals surface area contributed by atoms with E-state index in [9.17, 15) is 38.4 Å². The molecule has 0 unspecified atom stereocenters. The van der Waals surface area contributed by atoms with E-state index in [2.05, 4.69) is 20.7 Å². The van der Waals surface area contributed by atoms with Gasteiger partial charge in [0.1, 0.15) is 5.41 Å². The summed E-state index contributed by atoms with van der Waals surface area (Å²) in [7, 11) is 2.47. The van der Waals surface area contributed by atoms with Gasteiger partial charge >= 0.3 is 32.7 Å². The minimum Gasteiger partial charge on any atom is -0.655 e. The average molecular weight is 660 g/mol. The van der Waals surface area contributed by atoms with Gasteiger partial charge in [-0.3, -0.25) is 14.5 Å². The molecule has 0 N–H and O–H groups in total. The first-order valence-corrected chi connectivity index (χ1v) is 6.69. The quantitative estimate of drug-likeness (QED) is 0.163. The van der Waals surface area contributed by atoms with Crippen LogP contribution in [-0.2, 0) is 146 Å². The van der Waals surface area contributed by atoms with Gasteiger partial charge in [-0.05, 0) is 0 Å². The molecule has 2 radical (unpaired) electrons. The van der Waals surface area contributed by atoms with E-state index in [-0.39, 0.29) is 106 Å². The Hall–Kier alpha value is -0.658. The Balaban J connectivity index is -0.000000391. The topological polar surface area (TPSA) is 208 Å². The van der Waals surface area contributed by atoms with Gasteiger partial charge in [-0.2, -0.15) is 0 Å². The summed E-state index contributed by atoms with van der Waals surface area (Å²) in [6.07, 6.45) is 0. The summed E-state index contributed by atoms with van der Waals surface area (Å²) in [4.78, 5) is 95.4. The van der Waals surface area contributed by atoms with Crippen LogP contribution in [0.3, 0.4) is 0 Å². The van der Waals surface area contributed by atoms with E-state index in [1.807, 2.05) is 0 Å². The van der Waals surface area contributed by atoms with Crippen LogP contribution in [0.1, 0.15) is 0 Å². The van der Waals surface area contributed by atoms with Crippen LogP contribution in [0, 0.1) is 18.3 Å². The van der Waals surface area contributed by atoms with Crippen LogP contribution >= 0.6 is 0 Å². The maximum absolute atomic E-state index is 11.0. The predicted octanol–water partition coefficient (Wildman–Crippen LogP) is -2.59. The van der Waals surface area contributed by atoms with E-state index in [0.29, 0.717) is 0 Å². The fourth-order valence-corrected chi connectivity index (χ4v) is 2.26. The van der Waals surface area contributed by atoms with E-state index in [4.69, 9.17) is 4.79 Å². The molecule has 14 nitrogen and oxygen atoms in total.